The van der Waals surface area contributed by atoms with Gasteiger partial charge >= 0.3 is 11.8 Å². The van der Waals surface area contributed by atoms with Gasteiger partial charge < -0.3 is 59.1 Å². The summed E-state index contributed by atoms with van der Waals surface area (Å²) in [5.41, 5.74) is -0.0340. The molecule has 0 spiro atoms. The van der Waals surface area contributed by atoms with Crippen LogP contribution in [0.15, 0.2) is 42.2 Å². The van der Waals surface area contributed by atoms with Crippen LogP contribution in [0.25, 0.3) is 10.8 Å². The number of ketones is 1. The number of hydrogen-bond donors (Lipinski definition) is 5. The standard InChI is InChI=1S/C44H58N2O14/c1-21-12-11-13-22(2)43(54)45-29-18-31(57-20-32(48)46-15-17-56-19-23(46)3)33-34(39(29)52)38(51)27(7)41-35(33)42(53)44(9,60-41)58-16-14-30(55-10)24(4)40(59-28(8)47)26(6)37(50)25(5)36(21)49/h11-14,16,18,21,23-26,30,36-37,40,49-52H,15,17,19-20H2,1-10H3,(H,45,54). The topological polar surface area (TPSA) is 220 Å². The lowest BCUT2D eigenvalue weighted by Gasteiger charge is -2.38. The first-order chi connectivity index (χ1) is 28.2. The summed E-state index contributed by atoms with van der Waals surface area (Å²) in [5.74, 6) is -8.10. The molecule has 328 valence electrons. The molecule has 2 aromatic carbocycles. The van der Waals surface area contributed by atoms with Crippen molar-refractivity contribution in [1.82, 2.24) is 4.90 Å². The first kappa shape index (κ1) is 45.9. The Labute approximate surface area is 349 Å². The second-order valence-electron chi connectivity index (χ2n) is 16.2. The van der Waals surface area contributed by atoms with Crippen LogP contribution in [0.4, 0.5) is 5.69 Å². The number of rotatable bonds is 5. The maximum atomic E-state index is 14.5. The number of anilines is 1. The molecule has 10 unspecified atom stereocenters. The summed E-state index contributed by atoms with van der Waals surface area (Å²) in [7, 11) is 1.44. The maximum Gasteiger partial charge on any atom is 0.312 e. The first-order valence-electron chi connectivity index (χ1n) is 20.1. The minimum atomic E-state index is -2.03. The van der Waals surface area contributed by atoms with Gasteiger partial charge in [0.2, 0.25) is 0 Å². The predicted molar refractivity (Wildman–Crippen MR) is 220 cm³/mol. The summed E-state index contributed by atoms with van der Waals surface area (Å²) in [6, 6.07) is 1.03. The van der Waals surface area contributed by atoms with Crippen LogP contribution in [-0.2, 0) is 33.3 Å². The lowest BCUT2D eigenvalue weighted by atomic mass is 9.78. The summed E-state index contributed by atoms with van der Waals surface area (Å²) in [6.07, 6.45) is 3.57. The van der Waals surface area contributed by atoms with E-state index in [1.807, 2.05) is 6.92 Å². The van der Waals surface area contributed by atoms with Crippen molar-refractivity contribution in [2.75, 3.05) is 38.8 Å². The third-order valence-corrected chi connectivity index (χ3v) is 11.9. The highest BCUT2D eigenvalue weighted by Crippen LogP contribution is 2.54. The van der Waals surface area contributed by atoms with Gasteiger partial charge in [-0.15, -0.1) is 0 Å². The number of nitrogens with one attached hydrogen (secondary N) is 1. The van der Waals surface area contributed by atoms with Gasteiger partial charge in [-0.05, 0) is 26.8 Å². The summed E-state index contributed by atoms with van der Waals surface area (Å²) < 4.78 is 35.3. The van der Waals surface area contributed by atoms with E-state index in [1.54, 1.807) is 44.7 Å². The monoisotopic (exact) mass is 838 g/mol. The number of benzene rings is 2. The zero-order chi connectivity index (χ0) is 44.4. The summed E-state index contributed by atoms with van der Waals surface area (Å²) >= 11 is 0. The lowest BCUT2D eigenvalue weighted by molar-refractivity contribution is -0.160. The van der Waals surface area contributed by atoms with Crippen molar-refractivity contribution in [3.63, 3.8) is 0 Å². The number of Topliss-reactive ketones (excluding diaryl/α,β-unsaturated/α-hetero) is 1. The number of phenolic OH excluding ortho intramolecular Hbond substituents is 2. The SMILES string of the molecule is COC1C=COC2(C)Oc3c(C)c(O)c4c(O)c(cc(OCC(=O)N5CCOCC5C)c4c3C2=O)NC(=O)C(C)=CC=CC(C)C(O)C(C)C(O)C(C)C(OC(C)=O)C1C. The van der Waals surface area contributed by atoms with Crippen LogP contribution in [0, 0.1) is 30.6 Å². The van der Waals surface area contributed by atoms with E-state index >= 15 is 0 Å². The van der Waals surface area contributed by atoms with E-state index in [2.05, 4.69) is 5.32 Å². The fraction of sp³-hybridized carbons (Fsp3) is 0.545. The van der Waals surface area contributed by atoms with Gasteiger partial charge in [0, 0.05) is 73.8 Å². The van der Waals surface area contributed by atoms with Gasteiger partial charge in [-0.25, -0.2) is 0 Å². The third-order valence-electron chi connectivity index (χ3n) is 11.9. The number of ether oxygens (including phenoxy) is 6. The van der Waals surface area contributed by atoms with Crippen molar-refractivity contribution >= 4 is 40.0 Å². The van der Waals surface area contributed by atoms with E-state index in [0.29, 0.717) is 19.8 Å². The van der Waals surface area contributed by atoms with Crippen LogP contribution in [0.3, 0.4) is 0 Å². The van der Waals surface area contributed by atoms with Gasteiger partial charge in [0.15, 0.2) is 12.4 Å². The van der Waals surface area contributed by atoms with Gasteiger partial charge in [0.05, 0.1) is 60.5 Å². The largest absolute Gasteiger partial charge is 0.507 e. The number of carbonyl (C=O) groups excluding carboxylic acids is 4. The second-order valence-corrected chi connectivity index (χ2v) is 16.2. The van der Waals surface area contributed by atoms with Gasteiger partial charge in [-0.1, -0.05) is 45.9 Å². The summed E-state index contributed by atoms with van der Waals surface area (Å²) in [4.78, 5) is 55.5. The Bertz CT molecular complexity index is 2080. The van der Waals surface area contributed by atoms with E-state index in [9.17, 15) is 39.6 Å². The van der Waals surface area contributed by atoms with Crippen LogP contribution in [0.5, 0.6) is 23.0 Å². The molecule has 5 bridgehead atoms. The van der Waals surface area contributed by atoms with E-state index in [4.69, 9.17) is 28.4 Å². The molecule has 1 saturated heterocycles. The van der Waals surface area contributed by atoms with E-state index in [1.165, 1.54) is 59.3 Å². The number of nitrogens with zero attached hydrogens (tertiary/aromatic N) is 1. The highest BCUT2D eigenvalue weighted by molar-refractivity contribution is 6.21. The van der Waals surface area contributed by atoms with Crippen molar-refractivity contribution in [2.45, 2.75) is 98.6 Å². The van der Waals surface area contributed by atoms with E-state index < -0.39 is 89.6 Å². The lowest BCUT2D eigenvalue weighted by Crippen LogP contribution is -2.48. The first-order valence-corrected chi connectivity index (χ1v) is 20.1. The van der Waals surface area contributed by atoms with Crippen LogP contribution >= 0.6 is 0 Å². The second kappa shape index (κ2) is 18.6. The fourth-order valence-corrected chi connectivity index (χ4v) is 8.07. The zero-order valence-corrected chi connectivity index (χ0v) is 35.8. The number of phenols is 2. The number of morpholine rings is 1. The number of fused-ring (bicyclic) bond motifs is 14. The Kier molecular flexibility index (Phi) is 14.3. The molecule has 2 aromatic rings. The average Bonchev–Trinajstić information content (AvgIpc) is 3.48. The van der Waals surface area contributed by atoms with Crippen molar-refractivity contribution in [2.24, 2.45) is 23.7 Å². The molecular formula is C44H58N2O14. The Morgan fingerprint density at radius 3 is 2.33 bits per heavy atom. The number of aliphatic hydroxyl groups is 2. The molecule has 1 fully saturated rings. The third kappa shape index (κ3) is 9.11. The molecule has 2 amide bonds. The Balaban J connectivity index is 1.66. The molecule has 6 rings (SSSR count). The van der Waals surface area contributed by atoms with Crippen LogP contribution in [0.2, 0.25) is 0 Å². The Morgan fingerprint density at radius 2 is 1.68 bits per heavy atom. The molecule has 4 heterocycles. The Hall–Kier alpha value is -5.16. The minimum Gasteiger partial charge on any atom is -0.507 e. The zero-order valence-electron chi connectivity index (χ0n) is 35.8. The molecule has 4 aliphatic rings. The minimum absolute atomic E-state index is 0.0638. The van der Waals surface area contributed by atoms with Crippen molar-refractivity contribution in [3.05, 3.63) is 53.3 Å². The van der Waals surface area contributed by atoms with Gasteiger partial charge in [-0.2, -0.15) is 0 Å². The van der Waals surface area contributed by atoms with E-state index in [0.717, 1.165) is 0 Å². The molecule has 0 saturated carbocycles. The number of esters is 1. The number of carbonyl (C=O) groups is 4. The molecule has 60 heavy (non-hydrogen) atoms. The number of allylic oxidation sites excluding steroid dienone is 2. The highest BCUT2D eigenvalue weighted by atomic mass is 16.7. The molecule has 0 radical (unpaired) electrons. The predicted octanol–water partition coefficient (Wildman–Crippen LogP) is 4.67. The Morgan fingerprint density at radius 1 is 0.983 bits per heavy atom. The molecule has 0 aliphatic carbocycles. The molecular weight excluding hydrogens is 780 g/mol. The number of aliphatic hydroxyl groups excluding tert-OH is 2. The summed E-state index contributed by atoms with van der Waals surface area (Å²) in [5, 5.41) is 48.5. The van der Waals surface area contributed by atoms with E-state index in [-0.39, 0.29) is 56.6 Å². The number of hydrogen-bond acceptors (Lipinski definition) is 14. The fourth-order valence-electron chi connectivity index (χ4n) is 8.07. The van der Waals surface area contributed by atoms with Crippen LogP contribution in [0.1, 0.15) is 71.3 Å². The summed E-state index contributed by atoms with van der Waals surface area (Å²) in [6.45, 7) is 14.9. The number of methoxy groups -OCH3 is 1. The average molecular weight is 839 g/mol. The number of aromatic hydroxyl groups is 2. The van der Waals surface area contributed by atoms with Crippen molar-refractivity contribution in [1.29, 1.82) is 0 Å². The van der Waals surface area contributed by atoms with Gasteiger partial charge in [0.25, 0.3) is 17.6 Å². The highest BCUT2D eigenvalue weighted by Gasteiger charge is 2.50. The normalized spacial score (nSPS) is 30.4. The quantitative estimate of drug-likeness (QED) is 0.204. The van der Waals surface area contributed by atoms with Crippen LogP contribution in [-0.4, -0.2) is 119 Å². The molecule has 10 atom stereocenters. The molecule has 5 N–H and O–H groups in total. The van der Waals surface area contributed by atoms with Gasteiger partial charge in [0.1, 0.15) is 23.4 Å². The van der Waals surface area contributed by atoms with Crippen molar-refractivity contribution in [3.8, 4) is 23.0 Å². The molecule has 0 aromatic heterocycles. The maximum absolute atomic E-state index is 14.5. The van der Waals surface area contributed by atoms with Gasteiger partial charge in [-0.3, -0.25) is 19.2 Å². The number of amides is 2. The van der Waals surface area contributed by atoms with Crippen LogP contribution < -0.4 is 14.8 Å². The molecule has 16 heteroatoms. The molecule has 16 nitrogen and oxygen atoms in total. The van der Waals surface area contributed by atoms with Crippen molar-refractivity contribution < 1.29 is 68.0 Å². The molecule has 4 aliphatic heterocycles. The smallest absolute Gasteiger partial charge is 0.312 e.